The maximum absolute atomic E-state index is 6.02. The number of ether oxygens (including phenoxy) is 2. The first kappa shape index (κ1) is 41.9. The summed E-state index contributed by atoms with van der Waals surface area (Å²) in [6.07, 6.45) is 9.67. The summed E-state index contributed by atoms with van der Waals surface area (Å²) < 4.78 is 16.5. The summed E-state index contributed by atoms with van der Waals surface area (Å²) in [5.74, 6) is 1.71. The van der Waals surface area contributed by atoms with Gasteiger partial charge in [0, 0.05) is 26.3 Å². The van der Waals surface area contributed by atoms with Crippen LogP contribution in [0.15, 0.2) is 66.7 Å². The summed E-state index contributed by atoms with van der Waals surface area (Å²) in [6.45, 7) is 8.81. The Morgan fingerprint density at radius 1 is 0.500 bits per heavy atom. The molecule has 0 aliphatic rings. The van der Waals surface area contributed by atoms with Gasteiger partial charge in [0.15, 0.2) is 11.6 Å². The van der Waals surface area contributed by atoms with Crippen molar-refractivity contribution in [1.82, 2.24) is 24.1 Å². The molecule has 2 aromatic carbocycles. The number of halogens is 3. The Bertz CT molecular complexity index is 1450. The average molecular weight is 730 g/mol. The van der Waals surface area contributed by atoms with E-state index in [1.54, 1.807) is 0 Å². The summed E-state index contributed by atoms with van der Waals surface area (Å²) in [6, 6.07) is 22.7. The molecule has 0 aliphatic heterocycles. The van der Waals surface area contributed by atoms with E-state index in [0.717, 1.165) is 84.2 Å². The molecule has 5 rings (SSSR count). The average Bonchev–Trinajstić information content (AvgIpc) is 3.59. The van der Waals surface area contributed by atoms with Gasteiger partial charge in [-0.1, -0.05) is 82.7 Å². The van der Waals surface area contributed by atoms with Crippen molar-refractivity contribution in [3.8, 4) is 23.0 Å². The fraction of sp³-hybridized carbons (Fsp3) is 0.457. The Morgan fingerprint density at radius 2 is 0.935 bits per heavy atom. The standard InChI is InChI=1S/C35H45N5O2.3ClH.Fe/c1-3-5-7-13-24-41-26-22-39-32-20-11-9-16-28(32)37-34(39)30-18-15-19-31(36-30)35-38-29-17-10-12-21-33(29)40(35)23-27-42-25-14-8-6-4-2;;;;/h9-12,15-21H,3-8,13-14,22-27H2,1-2H3;3*1H;/q;;;;+3/p-3. The van der Waals surface area contributed by atoms with Gasteiger partial charge in [-0.2, -0.15) is 0 Å². The van der Waals surface area contributed by atoms with Crippen molar-refractivity contribution in [2.45, 2.75) is 78.3 Å². The van der Waals surface area contributed by atoms with Crippen LogP contribution in [0.1, 0.15) is 65.2 Å². The Labute approximate surface area is 303 Å². The molecule has 0 aliphatic carbocycles. The zero-order chi connectivity index (χ0) is 29.0. The largest absolute Gasteiger partial charge is 3.00 e. The molecule has 3 aromatic heterocycles. The molecule has 0 N–H and O–H groups in total. The van der Waals surface area contributed by atoms with Gasteiger partial charge in [-0.05, 0) is 49.2 Å². The Hall–Kier alpha value is -2.16. The van der Waals surface area contributed by atoms with Crippen LogP contribution in [0.3, 0.4) is 0 Å². The quantitative estimate of drug-likeness (QED) is 0.0885. The summed E-state index contributed by atoms with van der Waals surface area (Å²) in [7, 11) is 0. The van der Waals surface area contributed by atoms with Gasteiger partial charge in [-0.3, -0.25) is 0 Å². The van der Waals surface area contributed by atoms with Crippen LogP contribution in [0.2, 0.25) is 0 Å². The van der Waals surface area contributed by atoms with Crippen molar-refractivity contribution in [2.24, 2.45) is 0 Å². The summed E-state index contributed by atoms with van der Waals surface area (Å²) >= 11 is 0. The number of para-hydroxylation sites is 4. The first-order chi connectivity index (χ1) is 20.8. The number of hydrogen-bond acceptors (Lipinski definition) is 5. The van der Waals surface area contributed by atoms with Crippen molar-refractivity contribution in [3.05, 3.63) is 66.7 Å². The molecule has 1 radical (unpaired) electrons. The minimum absolute atomic E-state index is 0. The maximum Gasteiger partial charge on any atom is 3.00 e. The molecule has 0 spiro atoms. The fourth-order valence-corrected chi connectivity index (χ4v) is 5.46. The Morgan fingerprint density at radius 3 is 1.37 bits per heavy atom. The van der Waals surface area contributed by atoms with Gasteiger partial charge in [-0.25, -0.2) is 15.0 Å². The second-order valence-corrected chi connectivity index (χ2v) is 10.9. The zero-order valence-electron chi connectivity index (χ0n) is 26.8. The number of fused-ring (bicyclic) bond motifs is 2. The van der Waals surface area contributed by atoms with Gasteiger partial charge in [0.2, 0.25) is 0 Å². The summed E-state index contributed by atoms with van der Waals surface area (Å²) in [5.41, 5.74) is 5.78. The molecule has 3 heterocycles. The van der Waals surface area contributed by atoms with Crippen LogP contribution < -0.4 is 37.2 Å². The third kappa shape index (κ3) is 10.9. The number of hydrogen-bond donors (Lipinski definition) is 0. The first-order valence-electron chi connectivity index (χ1n) is 15.8. The normalized spacial score (nSPS) is 10.7. The van der Waals surface area contributed by atoms with Crippen molar-refractivity contribution >= 4 is 22.1 Å². The molecule has 251 valence electrons. The molecule has 0 bridgehead atoms. The monoisotopic (exact) mass is 728 g/mol. The van der Waals surface area contributed by atoms with E-state index < -0.39 is 0 Å². The molecule has 0 atom stereocenters. The fourth-order valence-electron chi connectivity index (χ4n) is 5.46. The predicted octanol–water partition coefficient (Wildman–Crippen LogP) is -0.682. The SMILES string of the molecule is CCCCCCOCCn1c(-c2cccc(-c3nc4ccccc4n3CCOCCCCCC)n2)nc2ccccc21.[Cl-].[Cl-].[Cl-].[Fe+3]. The summed E-state index contributed by atoms with van der Waals surface area (Å²) in [5, 5.41) is 0. The third-order valence-electron chi connectivity index (χ3n) is 7.72. The van der Waals surface area contributed by atoms with Crippen LogP contribution in [0.25, 0.3) is 45.1 Å². The number of imidazole rings is 2. The van der Waals surface area contributed by atoms with E-state index in [0.29, 0.717) is 13.2 Å². The minimum atomic E-state index is 0. The van der Waals surface area contributed by atoms with Crippen molar-refractivity contribution < 1.29 is 63.8 Å². The molecule has 0 saturated carbocycles. The third-order valence-corrected chi connectivity index (χ3v) is 7.72. The van der Waals surface area contributed by atoms with Crippen molar-refractivity contribution in [3.63, 3.8) is 0 Å². The van der Waals surface area contributed by atoms with Gasteiger partial charge in [0.25, 0.3) is 0 Å². The molecule has 0 unspecified atom stereocenters. The Balaban J connectivity index is 0.00000264. The maximum atomic E-state index is 6.02. The predicted molar refractivity (Wildman–Crippen MR) is 172 cm³/mol. The van der Waals surface area contributed by atoms with E-state index in [2.05, 4.69) is 65.4 Å². The molecule has 11 heteroatoms. The van der Waals surface area contributed by atoms with Gasteiger partial charge in [0.1, 0.15) is 11.4 Å². The van der Waals surface area contributed by atoms with E-state index in [-0.39, 0.29) is 54.3 Å². The molecule has 46 heavy (non-hydrogen) atoms. The molecule has 0 amide bonds. The van der Waals surface area contributed by atoms with Gasteiger partial charge in [-0.15, -0.1) is 0 Å². The van der Waals surface area contributed by atoms with E-state index >= 15 is 0 Å². The number of benzene rings is 2. The van der Waals surface area contributed by atoms with Gasteiger partial charge < -0.3 is 55.8 Å². The number of aromatic nitrogens is 5. The van der Waals surface area contributed by atoms with Crippen LogP contribution in [0.4, 0.5) is 0 Å². The molecule has 7 nitrogen and oxygen atoms in total. The van der Waals surface area contributed by atoms with Crippen LogP contribution in [-0.2, 0) is 39.6 Å². The zero-order valence-corrected chi connectivity index (χ0v) is 30.2. The van der Waals surface area contributed by atoms with E-state index in [1.807, 2.05) is 24.3 Å². The molecular formula is C35H45Cl3FeN5O2. The van der Waals surface area contributed by atoms with Crippen molar-refractivity contribution in [1.29, 1.82) is 0 Å². The number of nitrogens with zero attached hydrogens (tertiary/aromatic N) is 5. The second-order valence-electron chi connectivity index (χ2n) is 10.9. The summed E-state index contributed by atoms with van der Waals surface area (Å²) in [4.78, 5) is 15.2. The van der Waals surface area contributed by atoms with Crippen LogP contribution >= 0.6 is 0 Å². The second kappa shape index (κ2) is 22.4. The molecule has 0 saturated heterocycles. The van der Waals surface area contributed by atoms with Gasteiger partial charge >= 0.3 is 17.1 Å². The number of unbranched alkanes of at least 4 members (excludes halogenated alkanes) is 6. The van der Waals surface area contributed by atoms with E-state index in [4.69, 9.17) is 24.4 Å². The molecular weight excluding hydrogens is 685 g/mol. The number of rotatable bonds is 18. The van der Waals surface area contributed by atoms with Gasteiger partial charge in [0.05, 0.1) is 35.3 Å². The van der Waals surface area contributed by atoms with E-state index in [1.165, 1.54) is 38.5 Å². The smallest absolute Gasteiger partial charge is 1.00 e. The molecule has 0 fully saturated rings. The topological polar surface area (TPSA) is 67.0 Å². The molecule has 5 aromatic rings. The minimum Gasteiger partial charge on any atom is -1.00 e. The Kier molecular flexibility index (Phi) is 20.4. The number of pyridine rings is 1. The first-order valence-corrected chi connectivity index (χ1v) is 15.8. The van der Waals surface area contributed by atoms with Crippen LogP contribution in [-0.4, -0.2) is 50.5 Å². The van der Waals surface area contributed by atoms with Crippen molar-refractivity contribution in [2.75, 3.05) is 26.4 Å². The van der Waals surface area contributed by atoms with Crippen LogP contribution in [0.5, 0.6) is 0 Å². The van der Waals surface area contributed by atoms with E-state index in [9.17, 15) is 0 Å². The van der Waals surface area contributed by atoms with Crippen LogP contribution in [0, 0.1) is 0 Å².